The van der Waals surface area contributed by atoms with E-state index >= 15 is 0 Å². The van der Waals surface area contributed by atoms with Crippen molar-refractivity contribution in [1.82, 2.24) is 10.5 Å². The lowest BCUT2D eigenvalue weighted by Crippen LogP contribution is -2.22. The third-order valence-corrected chi connectivity index (χ3v) is 2.09. The topological polar surface area (TPSA) is 51.2 Å². The van der Waals surface area contributed by atoms with E-state index in [2.05, 4.69) is 31.2 Å². The molecule has 0 unspecified atom stereocenters. The van der Waals surface area contributed by atoms with Crippen molar-refractivity contribution in [3.8, 4) is 0 Å². The number of hydroxylamine groups is 1. The molecule has 13 heavy (non-hydrogen) atoms. The molecule has 1 rings (SSSR count). The molecular weight excluding hydrogens is 236 g/mol. The molecule has 0 bridgehead atoms. The van der Waals surface area contributed by atoms with Crippen molar-refractivity contribution in [3.05, 3.63) is 29.6 Å². The highest BCUT2D eigenvalue weighted by molar-refractivity contribution is 9.08. The molecule has 1 N–H and O–H groups in total. The first kappa shape index (κ1) is 10.1. The van der Waals surface area contributed by atoms with Crippen LogP contribution in [0.3, 0.4) is 0 Å². The molecule has 0 aromatic carbocycles. The second-order valence-corrected chi connectivity index (χ2v) is 2.86. The second-order valence-electron chi connectivity index (χ2n) is 2.30. The summed E-state index contributed by atoms with van der Waals surface area (Å²) in [5, 5.41) is 0.591. The maximum Gasteiger partial charge on any atom is 0.275 e. The summed E-state index contributed by atoms with van der Waals surface area (Å²) in [6, 6.07) is 1.64. The van der Waals surface area contributed by atoms with Crippen molar-refractivity contribution in [2.75, 3.05) is 7.11 Å². The minimum atomic E-state index is -0.264. The number of carbonyl (C=O) groups excluding carboxylic acids is 1. The Morgan fingerprint density at radius 1 is 1.77 bits per heavy atom. The molecule has 0 aliphatic carbocycles. The molecule has 0 aliphatic heterocycles. The predicted molar refractivity (Wildman–Crippen MR) is 51.3 cm³/mol. The number of aromatic nitrogens is 1. The first-order valence-electron chi connectivity index (χ1n) is 3.61. The number of alkyl halides is 1. The van der Waals surface area contributed by atoms with Crippen LogP contribution in [0.4, 0.5) is 0 Å². The zero-order valence-corrected chi connectivity index (χ0v) is 8.67. The van der Waals surface area contributed by atoms with E-state index in [1.165, 1.54) is 7.11 Å². The highest BCUT2D eigenvalue weighted by Crippen LogP contribution is 2.10. The van der Waals surface area contributed by atoms with Gasteiger partial charge in [0.25, 0.3) is 5.91 Å². The second kappa shape index (κ2) is 4.94. The standard InChI is InChI=1S/C8H9BrN2O2/c1-13-11-8(12)7-2-3-10-5-6(7)4-9/h2-3,5H,4H2,1H3,(H,11,12). The normalized spacial score (nSPS) is 9.69. The maximum absolute atomic E-state index is 11.3. The summed E-state index contributed by atoms with van der Waals surface area (Å²) in [6.07, 6.45) is 3.20. The molecular formula is C8H9BrN2O2. The Hall–Kier alpha value is -0.940. The molecule has 0 radical (unpaired) electrons. The van der Waals surface area contributed by atoms with Gasteiger partial charge in [-0.1, -0.05) is 15.9 Å². The lowest BCUT2D eigenvalue weighted by Gasteiger charge is -2.05. The molecule has 1 heterocycles. The van der Waals surface area contributed by atoms with Crippen LogP contribution in [0.15, 0.2) is 18.5 Å². The molecule has 0 atom stereocenters. The van der Waals surface area contributed by atoms with Gasteiger partial charge in [-0.15, -0.1) is 0 Å². The third-order valence-electron chi connectivity index (χ3n) is 1.49. The van der Waals surface area contributed by atoms with Crippen LogP contribution in [-0.2, 0) is 10.2 Å². The monoisotopic (exact) mass is 244 g/mol. The lowest BCUT2D eigenvalue weighted by molar-refractivity contribution is 0.0537. The summed E-state index contributed by atoms with van der Waals surface area (Å²) in [6.45, 7) is 0. The van der Waals surface area contributed by atoms with Gasteiger partial charge in [-0.3, -0.25) is 14.6 Å². The third kappa shape index (κ3) is 2.50. The van der Waals surface area contributed by atoms with Crippen molar-refractivity contribution < 1.29 is 9.63 Å². The van der Waals surface area contributed by atoms with E-state index in [1.807, 2.05) is 0 Å². The van der Waals surface area contributed by atoms with Crippen LogP contribution in [0.2, 0.25) is 0 Å². The minimum Gasteiger partial charge on any atom is -0.277 e. The highest BCUT2D eigenvalue weighted by Gasteiger charge is 2.09. The molecule has 1 aromatic heterocycles. The number of pyridine rings is 1. The fourth-order valence-corrected chi connectivity index (χ4v) is 1.35. The Labute approximate surface area is 84.4 Å². The largest absolute Gasteiger partial charge is 0.277 e. The van der Waals surface area contributed by atoms with Gasteiger partial charge in [-0.05, 0) is 11.6 Å². The van der Waals surface area contributed by atoms with Gasteiger partial charge in [0.05, 0.1) is 7.11 Å². The smallest absolute Gasteiger partial charge is 0.275 e. The highest BCUT2D eigenvalue weighted by atomic mass is 79.9. The predicted octanol–water partition coefficient (Wildman–Crippen LogP) is 1.27. The number of halogens is 1. The van der Waals surface area contributed by atoms with E-state index < -0.39 is 0 Å². The fraction of sp³-hybridized carbons (Fsp3) is 0.250. The zero-order chi connectivity index (χ0) is 9.68. The molecule has 4 nitrogen and oxygen atoms in total. The van der Waals surface area contributed by atoms with Crippen molar-refractivity contribution in [1.29, 1.82) is 0 Å². The molecule has 0 aliphatic rings. The van der Waals surface area contributed by atoms with Gasteiger partial charge in [-0.25, -0.2) is 5.48 Å². The van der Waals surface area contributed by atoms with Crippen molar-refractivity contribution in [3.63, 3.8) is 0 Å². The average molecular weight is 245 g/mol. The Morgan fingerprint density at radius 2 is 2.54 bits per heavy atom. The first-order chi connectivity index (χ1) is 6.29. The van der Waals surface area contributed by atoms with Crippen molar-refractivity contribution in [2.24, 2.45) is 0 Å². The van der Waals surface area contributed by atoms with Crippen molar-refractivity contribution in [2.45, 2.75) is 5.33 Å². The first-order valence-corrected chi connectivity index (χ1v) is 4.74. The van der Waals surface area contributed by atoms with Crippen LogP contribution in [0.1, 0.15) is 15.9 Å². The van der Waals surface area contributed by atoms with Gasteiger partial charge < -0.3 is 0 Å². The van der Waals surface area contributed by atoms with Crippen LogP contribution in [0, 0.1) is 0 Å². The number of hydrogen-bond acceptors (Lipinski definition) is 3. The number of carbonyl (C=O) groups is 1. The lowest BCUT2D eigenvalue weighted by atomic mass is 10.1. The fourth-order valence-electron chi connectivity index (χ4n) is 0.903. The average Bonchev–Trinajstić information content (AvgIpc) is 2.18. The van der Waals surface area contributed by atoms with E-state index in [9.17, 15) is 4.79 Å². The van der Waals surface area contributed by atoms with E-state index in [-0.39, 0.29) is 5.91 Å². The summed E-state index contributed by atoms with van der Waals surface area (Å²) in [5.41, 5.74) is 3.64. The number of rotatable bonds is 3. The summed E-state index contributed by atoms with van der Waals surface area (Å²) >= 11 is 3.27. The van der Waals surface area contributed by atoms with E-state index in [0.29, 0.717) is 10.9 Å². The quantitative estimate of drug-likeness (QED) is 0.644. The molecule has 1 amide bonds. The summed E-state index contributed by atoms with van der Waals surface area (Å²) in [4.78, 5) is 19.8. The van der Waals surface area contributed by atoms with Gasteiger partial charge in [0.1, 0.15) is 0 Å². The Balaban J connectivity index is 2.92. The number of hydrogen-bond donors (Lipinski definition) is 1. The molecule has 0 fully saturated rings. The zero-order valence-electron chi connectivity index (χ0n) is 7.08. The molecule has 0 spiro atoms. The maximum atomic E-state index is 11.3. The van der Waals surface area contributed by atoms with Crippen LogP contribution in [0.5, 0.6) is 0 Å². The molecule has 1 aromatic rings. The van der Waals surface area contributed by atoms with Gasteiger partial charge >= 0.3 is 0 Å². The number of nitrogens with zero attached hydrogens (tertiary/aromatic N) is 1. The summed E-state index contributed by atoms with van der Waals surface area (Å²) in [5.74, 6) is -0.264. The Bertz CT molecular complexity index is 304. The van der Waals surface area contributed by atoms with Crippen molar-refractivity contribution >= 4 is 21.8 Å². The molecule has 70 valence electrons. The van der Waals surface area contributed by atoms with E-state index in [4.69, 9.17) is 0 Å². The summed E-state index contributed by atoms with van der Waals surface area (Å²) in [7, 11) is 1.40. The van der Waals surface area contributed by atoms with Crippen LogP contribution in [-0.4, -0.2) is 18.0 Å². The molecule has 0 saturated carbocycles. The molecule has 5 heteroatoms. The van der Waals surface area contributed by atoms with Gasteiger partial charge in [0, 0.05) is 23.3 Å². The van der Waals surface area contributed by atoms with Gasteiger partial charge in [0.2, 0.25) is 0 Å². The van der Waals surface area contributed by atoms with Crippen LogP contribution < -0.4 is 5.48 Å². The van der Waals surface area contributed by atoms with Gasteiger partial charge in [-0.2, -0.15) is 0 Å². The number of amides is 1. The Morgan fingerprint density at radius 3 is 3.15 bits per heavy atom. The van der Waals surface area contributed by atoms with Gasteiger partial charge in [0.15, 0.2) is 0 Å². The SMILES string of the molecule is CONC(=O)c1ccncc1CBr. The molecule has 0 saturated heterocycles. The van der Waals surface area contributed by atoms with Crippen LogP contribution in [0.25, 0.3) is 0 Å². The van der Waals surface area contributed by atoms with E-state index in [1.54, 1.807) is 18.5 Å². The van der Waals surface area contributed by atoms with Crippen LogP contribution >= 0.6 is 15.9 Å². The Kier molecular flexibility index (Phi) is 3.85. The summed E-state index contributed by atoms with van der Waals surface area (Å²) < 4.78 is 0. The number of nitrogens with one attached hydrogen (secondary N) is 1. The minimum absolute atomic E-state index is 0.264. The van der Waals surface area contributed by atoms with E-state index in [0.717, 1.165) is 5.56 Å².